The molecule has 132 valence electrons. The second kappa shape index (κ2) is 7.18. The molecule has 0 spiro atoms. The maximum atomic E-state index is 13.6. The molecule has 3 rings (SSSR count). The highest BCUT2D eigenvalue weighted by atomic mass is 19.2. The molecule has 9 heteroatoms. The van der Waals surface area contributed by atoms with Crippen molar-refractivity contribution in [3.05, 3.63) is 77.4 Å². The van der Waals surface area contributed by atoms with Crippen molar-refractivity contribution in [2.24, 2.45) is 0 Å². The quantitative estimate of drug-likeness (QED) is 0.543. The summed E-state index contributed by atoms with van der Waals surface area (Å²) in [5.74, 6) is -5.15. The minimum Gasteiger partial charge on any atom is -0.336 e. The summed E-state index contributed by atoms with van der Waals surface area (Å²) < 4.78 is 52.5. The van der Waals surface area contributed by atoms with Crippen LogP contribution in [0.3, 0.4) is 0 Å². The van der Waals surface area contributed by atoms with E-state index < -0.39 is 29.2 Å². The summed E-state index contributed by atoms with van der Waals surface area (Å²) in [6.07, 6.45) is 0. The molecule has 3 aromatic rings. The fourth-order valence-corrected chi connectivity index (χ4v) is 2.02. The molecule has 0 atom stereocenters. The smallest absolute Gasteiger partial charge is 0.256 e. The van der Waals surface area contributed by atoms with E-state index in [9.17, 15) is 22.4 Å². The predicted octanol–water partition coefficient (Wildman–Crippen LogP) is 4.03. The third kappa shape index (κ3) is 3.77. The van der Waals surface area contributed by atoms with Crippen molar-refractivity contribution in [3.8, 4) is 0 Å². The lowest BCUT2D eigenvalue weighted by Gasteiger charge is -2.08. The Kier molecular flexibility index (Phi) is 4.78. The first-order chi connectivity index (χ1) is 12.4. The Bertz CT molecular complexity index is 946. The van der Waals surface area contributed by atoms with E-state index in [0.29, 0.717) is 0 Å². The molecule has 0 aliphatic rings. The van der Waals surface area contributed by atoms with Crippen molar-refractivity contribution < 1.29 is 22.4 Å². The van der Waals surface area contributed by atoms with Gasteiger partial charge >= 0.3 is 0 Å². The molecule has 0 fully saturated rings. The van der Waals surface area contributed by atoms with Gasteiger partial charge in [0.2, 0.25) is 0 Å². The molecular weight excluding hydrogens is 352 g/mol. The summed E-state index contributed by atoms with van der Waals surface area (Å²) in [4.78, 5) is 12.0. The van der Waals surface area contributed by atoms with E-state index in [1.165, 1.54) is 24.3 Å². The normalized spacial score (nSPS) is 10.5. The largest absolute Gasteiger partial charge is 0.336 e. The number of hydrogen-bond acceptors (Lipinski definition) is 4. The van der Waals surface area contributed by atoms with Crippen molar-refractivity contribution >= 4 is 23.2 Å². The fraction of sp³-hybridized carbons (Fsp3) is 0. The van der Waals surface area contributed by atoms with Crippen LogP contribution >= 0.6 is 0 Å². The lowest BCUT2D eigenvalue weighted by Crippen LogP contribution is -2.13. The van der Waals surface area contributed by atoms with Crippen LogP contribution in [0.2, 0.25) is 0 Å². The van der Waals surface area contributed by atoms with E-state index in [1.807, 2.05) is 0 Å². The van der Waals surface area contributed by atoms with Crippen molar-refractivity contribution in [2.45, 2.75) is 0 Å². The van der Waals surface area contributed by atoms with E-state index in [4.69, 9.17) is 0 Å². The standard InChI is InChI=1S/C17H10F4N4O/c18-10-3-1-9(2-4-10)17(26)23-14-8-7-13(24-25-14)22-12-6-5-11(19)15(20)16(12)21/h1-8H,(H,22,24)(H,23,25,26). The Morgan fingerprint density at radius 3 is 2.08 bits per heavy atom. The molecular formula is C17H10F4N4O. The number of carbonyl (C=O) groups is 1. The van der Waals surface area contributed by atoms with Crippen LogP contribution < -0.4 is 10.6 Å². The zero-order chi connectivity index (χ0) is 18.7. The highest BCUT2D eigenvalue weighted by Gasteiger charge is 2.14. The third-order valence-electron chi connectivity index (χ3n) is 3.31. The van der Waals surface area contributed by atoms with Gasteiger partial charge in [-0.05, 0) is 48.5 Å². The molecule has 0 saturated heterocycles. The molecule has 0 aliphatic carbocycles. The summed E-state index contributed by atoms with van der Waals surface area (Å²) in [6, 6.07) is 9.40. The minimum atomic E-state index is -1.61. The van der Waals surface area contributed by atoms with Crippen LogP contribution in [0.25, 0.3) is 0 Å². The minimum absolute atomic E-state index is 0.0506. The highest BCUT2D eigenvalue weighted by Crippen LogP contribution is 2.22. The summed E-state index contributed by atoms with van der Waals surface area (Å²) in [5, 5.41) is 12.3. The first-order valence-corrected chi connectivity index (χ1v) is 7.25. The van der Waals surface area contributed by atoms with Crippen LogP contribution in [0.5, 0.6) is 0 Å². The summed E-state index contributed by atoms with van der Waals surface area (Å²) >= 11 is 0. The lowest BCUT2D eigenvalue weighted by atomic mass is 10.2. The third-order valence-corrected chi connectivity index (χ3v) is 3.31. The van der Waals surface area contributed by atoms with Gasteiger partial charge < -0.3 is 10.6 Å². The number of hydrogen-bond donors (Lipinski definition) is 2. The van der Waals surface area contributed by atoms with Gasteiger partial charge in [0.05, 0.1) is 5.69 Å². The first-order valence-electron chi connectivity index (χ1n) is 7.25. The van der Waals surface area contributed by atoms with Crippen LogP contribution in [0, 0.1) is 23.3 Å². The van der Waals surface area contributed by atoms with E-state index >= 15 is 0 Å². The molecule has 5 nitrogen and oxygen atoms in total. The van der Waals surface area contributed by atoms with Crippen molar-refractivity contribution in [3.63, 3.8) is 0 Å². The van der Waals surface area contributed by atoms with Gasteiger partial charge in [0.1, 0.15) is 5.82 Å². The van der Waals surface area contributed by atoms with Gasteiger partial charge in [-0.15, -0.1) is 10.2 Å². The number of rotatable bonds is 4. The SMILES string of the molecule is O=C(Nc1ccc(Nc2ccc(F)c(F)c2F)nn1)c1ccc(F)cc1. The van der Waals surface area contributed by atoms with E-state index in [1.54, 1.807) is 0 Å². The molecule has 1 aromatic heterocycles. The number of halogens is 4. The van der Waals surface area contributed by atoms with E-state index in [0.717, 1.165) is 24.3 Å². The van der Waals surface area contributed by atoms with Gasteiger partial charge in [0, 0.05) is 5.56 Å². The Balaban J connectivity index is 1.70. The average molecular weight is 362 g/mol. The number of anilines is 3. The maximum Gasteiger partial charge on any atom is 0.256 e. The van der Waals surface area contributed by atoms with Gasteiger partial charge in [-0.25, -0.2) is 17.6 Å². The van der Waals surface area contributed by atoms with E-state index in [2.05, 4.69) is 20.8 Å². The highest BCUT2D eigenvalue weighted by molar-refractivity contribution is 6.03. The Morgan fingerprint density at radius 2 is 1.42 bits per heavy atom. The molecule has 1 amide bonds. The van der Waals surface area contributed by atoms with Gasteiger partial charge in [-0.2, -0.15) is 0 Å². The number of benzene rings is 2. The zero-order valence-electron chi connectivity index (χ0n) is 12.9. The van der Waals surface area contributed by atoms with Gasteiger partial charge in [0.15, 0.2) is 29.1 Å². The summed E-state index contributed by atoms with van der Waals surface area (Å²) in [7, 11) is 0. The van der Waals surface area contributed by atoms with Crippen LogP contribution in [-0.4, -0.2) is 16.1 Å². The second-order valence-corrected chi connectivity index (χ2v) is 5.11. The monoisotopic (exact) mass is 362 g/mol. The predicted molar refractivity (Wildman–Crippen MR) is 86.0 cm³/mol. The molecule has 0 aliphatic heterocycles. The van der Waals surface area contributed by atoms with Crippen molar-refractivity contribution in [2.75, 3.05) is 10.6 Å². The molecule has 0 bridgehead atoms. The van der Waals surface area contributed by atoms with Crippen molar-refractivity contribution in [1.29, 1.82) is 0 Å². The number of carbonyl (C=O) groups excluding carboxylic acids is 1. The van der Waals surface area contributed by atoms with E-state index in [-0.39, 0.29) is 22.9 Å². The van der Waals surface area contributed by atoms with Gasteiger partial charge in [-0.3, -0.25) is 4.79 Å². The number of amides is 1. The number of aromatic nitrogens is 2. The fourth-order valence-electron chi connectivity index (χ4n) is 2.02. The maximum absolute atomic E-state index is 13.6. The molecule has 0 unspecified atom stereocenters. The summed E-state index contributed by atoms with van der Waals surface area (Å²) in [5.41, 5.74) is -0.0967. The second-order valence-electron chi connectivity index (χ2n) is 5.11. The molecule has 0 radical (unpaired) electrons. The average Bonchev–Trinajstić information content (AvgIpc) is 2.64. The zero-order valence-corrected chi connectivity index (χ0v) is 12.9. The molecule has 26 heavy (non-hydrogen) atoms. The van der Waals surface area contributed by atoms with Crippen LogP contribution in [0.4, 0.5) is 34.9 Å². The Morgan fingerprint density at radius 1 is 0.769 bits per heavy atom. The number of nitrogens with one attached hydrogen (secondary N) is 2. The summed E-state index contributed by atoms with van der Waals surface area (Å²) in [6.45, 7) is 0. The molecule has 2 N–H and O–H groups in total. The first kappa shape index (κ1) is 17.3. The molecule has 1 heterocycles. The number of nitrogens with zero attached hydrogens (tertiary/aromatic N) is 2. The lowest BCUT2D eigenvalue weighted by molar-refractivity contribution is 0.102. The Labute approximate surface area is 144 Å². The van der Waals surface area contributed by atoms with Crippen LogP contribution in [0.1, 0.15) is 10.4 Å². The van der Waals surface area contributed by atoms with Gasteiger partial charge in [-0.1, -0.05) is 0 Å². The van der Waals surface area contributed by atoms with Crippen LogP contribution in [0.15, 0.2) is 48.5 Å². The Hall–Kier alpha value is -3.49. The molecule has 0 saturated carbocycles. The van der Waals surface area contributed by atoms with Crippen LogP contribution in [-0.2, 0) is 0 Å². The molecule has 2 aromatic carbocycles. The van der Waals surface area contributed by atoms with Gasteiger partial charge in [0.25, 0.3) is 5.91 Å². The topological polar surface area (TPSA) is 66.9 Å². The van der Waals surface area contributed by atoms with Crippen molar-refractivity contribution in [1.82, 2.24) is 10.2 Å².